The highest BCUT2D eigenvalue weighted by molar-refractivity contribution is 7.12. The minimum Gasteiger partial charge on any atom is -0.322 e. The first-order valence-electron chi connectivity index (χ1n) is 7.25. The molecule has 1 heterocycles. The van der Waals surface area contributed by atoms with E-state index in [1.54, 1.807) is 48.5 Å². The minimum absolute atomic E-state index is 0.198. The van der Waals surface area contributed by atoms with Crippen molar-refractivity contribution in [3.63, 3.8) is 0 Å². The number of rotatable bonds is 4. The van der Waals surface area contributed by atoms with Crippen molar-refractivity contribution in [1.29, 1.82) is 0 Å². The molecular weight excluding hydrogens is 379 g/mol. The molecule has 0 saturated heterocycles. The summed E-state index contributed by atoms with van der Waals surface area (Å²) in [7, 11) is 0. The van der Waals surface area contributed by atoms with Crippen LogP contribution in [0.3, 0.4) is 0 Å². The largest absolute Gasteiger partial charge is 0.322 e. The molecule has 0 bridgehead atoms. The van der Waals surface area contributed by atoms with Crippen molar-refractivity contribution in [2.45, 2.75) is 0 Å². The molecule has 2 N–H and O–H groups in total. The van der Waals surface area contributed by atoms with Crippen LogP contribution in [-0.4, -0.2) is 11.8 Å². The molecule has 4 nitrogen and oxygen atoms in total. The van der Waals surface area contributed by atoms with E-state index in [2.05, 4.69) is 10.6 Å². The molecule has 3 aromatic rings. The number of thiophene rings is 1. The minimum atomic E-state index is -0.380. The van der Waals surface area contributed by atoms with E-state index in [1.807, 2.05) is 11.4 Å². The van der Waals surface area contributed by atoms with Crippen LogP contribution in [0.15, 0.2) is 60.0 Å². The SMILES string of the molecule is O=C(Nc1cccc(NC(=O)c2cccc(Cl)c2Cl)c1)c1cccs1. The predicted octanol–water partition coefficient (Wildman–Crippen LogP) is 5.56. The van der Waals surface area contributed by atoms with Crippen LogP contribution in [0.5, 0.6) is 0 Å². The highest BCUT2D eigenvalue weighted by Gasteiger charge is 2.13. The van der Waals surface area contributed by atoms with Crippen molar-refractivity contribution >= 4 is 57.7 Å². The Morgan fingerprint density at radius 1 is 0.840 bits per heavy atom. The highest BCUT2D eigenvalue weighted by Crippen LogP contribution is 2.26. The number of benzene rings is 2. The van der Waals surface area contributed by atoms with E-state index in [4.69, 9.17) is 23.2 Å². The monoisotopic (exact) mass is 390 g/mol. The number of hydrogen-bond acceptors (Lipinski definition) is 3. The van der Waals surface area contributed by atoms with E-state index in [1.165, 1.54) is 11.3 Å². The summed E-state index contributed by atoms with van der Waals surface area (Å²) in [6, 6.07) is 15.3. The quantitative estimate of drug-likeness (QED) is 0.612. The molecule has 0 fully saturated rings. The standard InChI is InChI=1S/C18H12Cl2N2O2S/c19-14-7-2-6-13(16(14)20)17(23)21-11-4-1-5-12(10-11)22-18(24)15-8-3-9-25-15/h1-10H,(H,21,23)(H,22,24). The normalized spacial score (nSPS) is 10.3. The number of anilines is 2. The average Bonchev–Trinajstić information content (AvgIpc) is 3.12. The van der Waals surface area contributed by atoms with Crippen LogP contribution in [0, 0.1) is 0 Å². The molecule has 126 valence electrons. The third-order valence-corrected chi connectivity index (χ3v) is 5.01. The molecule has 0 atom stereocenters. The topological polar surface area (TPSA) is 58.2 Å². The van der Waals surface area contributed by atoms with Gasteiger partial charge in [0.2, 0.25) is 0 Å². The van der Waals surface area contributed by atoms with Crippen LogP contribution in [0.25, 0.3) is 0 Å². The van der Waals surface area contributed by atoms with E-state index in [0.29, 0.717) is 21.3 Å². The van der Waals surface area contributed by atoms with Crippen LogP contribution < -0.4 is 10.6 Å². The zero-order valence-corrected chi connectivity index (χ0v) is 15.1. The first-order valence-corrected chi connectivity index (χ1v) is 8.88. The molecule has 0 spiro atoms. The van der Waals surface area contributed by atoms with E-state index in [0.717, 1.165) is 0 Å². The Morgan fingerprint density at radius 3 is 2.20 bits per heavy atom. The molecule has 0 aliphatic carbocycles. The van der Waals surface area contributed by atoms with Gasteiger partial charge in [-0.05, 0) is 41.8 Å². The average molecular weight is 391 g/mol. The van der Waals surface area contributed by atoms with Gasteiger partial charge in [-0.15, -0.1) is 11.3 Å². The molecule has 0 saturated carbocycles. The summed E-state index contributed by atoms with van der Waals surface area (Å²) in [6.45, 7) is 0. The van der Waals surface area contributed by atoms with Gasteiger partial charge in [-0.1, -0.05) is 41.4 Å². The van der Waals surface area contributed by atoms with Gasteiger partial charge in [0.15, 0.2) is 0 Å². The maximum absolute atomic E-state index is 12.4. The van der Waals surface area contributed by atoms with Crippen molar-refractivity contribution in [2.24, 2.45) is 0 Å². The number of hydrogen-bond donors (Lipinski definition) is 2. The van der Waals surface area contributed by atoms with Crippen molar-refractivity contribution in [3.8, 4) is 0 Å². The van der Waals surface area contributed by atoms with E-state index in [-0.39, 0.29) is 22.4 Å². The van der Waals surface area contributed by atoms with Crippen molar-refractivity contribution < 1.29 is 9.59 Å². The number of carbonyl (C=O) groups is 2. The van der Waals surface area contributed by atoms with E-state index in [9.17, 15) is 9.59 Å². The zero-order chi connectivity index (χ0) is 17.8. The Hall–Kier alpha value is -2.34. The molecule has 0 unspecified atom stereocenters. The predicted molar refractivity (Wildman–Crippen MR) is 103 cm³/mol. The molecule has 7 heteroatoms. The van der Waals surface area contributed by atoms with Gasteiger partial charge in [-0.2, -0.15) is 0 Å². The lowest BCUT2D eigenvalue weighted by Crippen LogP contribution is -2.13. The third-order valence-electron chi connectivity index (χ3n) is 3.32. The fourth-order valence-electron chi connectivity index (χ4n) is 2.15. The van der Waals surface area contributed by atoms with Gasteiger partial charge < -0.3 is 10.6 Å². The van der Waals surface area contributed by atoms with Gasteiger partial charge >= 0.3 is 0 Å². The number of nitrogens with one attached hydrogen (secondary N) is 2. The Labute approximate surface area is 158 Å². The summed E-state index contributed by atoms with van der Waals surface area (Å²) in [5, 5.41) is 7.88. The maximum Gasteiger partial charge on any atom is 0.265 e. The second kappa shape index (κ2) is 7.70. The second-order valence-corrected chi connectivity index (χ2v) is 6.80. The number of amides is 2. The van der Waals surface area contributed by atoms with Gasteiger partial charge in [-0.3, -0.25) is 9.59 Å². The lowest BCUT2D eigenvalue weighted by Gasteiger charge is -2.10. The fourth-order valence-corrected chi connectivity index (χ4v) is 3.16. The molecule has 2 aromatic carbocycles. The molecule has 0 radical (unpaired) electrons. The summed E-state index contributed by atoms with van der Waals surface area (Å²) in [4.78, 5) is 25.1. The summed E-state index contributed by atoms with van der Waals surface area (Å²) < 4.78 is 0. The lowest BCUT2D eigenvalue weighted by atomic mass is 10.2. The second-order valence-electron chi connectivity index (χ2n) is 5.07. The van der Waals surface area contributed by atoms with Gasteiger partial charge in [0.1, 0.15) is 0 Å². The first-order chi connectivity index (χ1) is 12.0. The number of halogens is 2. The fraction of sp³-hybridized carbons (Fsp3) is 0. The van der Waals surface area contributed by atoms with Crippen LogP contribution in [-0.2, 0) is 0 Å². The Bertz CT molecular complexity index is 927. The van der Waals surface area contributed by atoms with Crippen LogP contribution in [0.1, 0.15) is 20.0 Å². The van der Waals surface area contributed by atoms with E-state index < -0.39 is 0 Å². The molecular formula is C18H12Cl2N2O2S. The van der Waals surface area contributed by atoms with Gasteiger partial charge in [-0.25, -0.2) is 0 Å². The number of carbonyl (C=O) groups excluding carboxylic acids is 2. The smallest absolute Gasteiger partial charge is 0.265 e. The third kappa shape index (κ3) is 4.20. The summed E-state index contributed by atoms with van der Waals surface area (Å²) in [5.74, 6) is -0.578. The molecule has 0 aliphatic heterocycles. The van der Waals surface area contributed by atoms with Crippen molar-refractivity contribution in [1.82, 2.24) is 0 Å². The summed E-state index contributed by atoms with van der Waals surface area (Å²) >= 11 is 13.4. The summed E-state index contributed by atoms with van der Waals surface area (Å²) in [6.07, 6.45) is 0. The van der Waals surface area contributed by atoms with Gasteiger partial charge in [0.05, 0.1) is 20.5 Å². The molecule has 3 rings (SSSR count). The zero-order valence-electron chi connectivity index (χ0n) is 12.8. The van der Waals surface area contributed by atoms with Gasteiger partial charge in [0, 0.05) is 11.4 Å². The van der Waals surface area contributed by atoms with Gasteiger partial charge in [0.25, 0.3) is 11.8 Å². The van der Waals surface area contributed by atoms with Crippen molar-refractivity contribution in [3.05, 3.63) is 80.5 Å². The van der Waals surface area contributed by atoms with E-state index >= 15 is 0 Å². The summed E-state index contributed by atoms with van der Waals surface area (Å²) in [5.41, 5.74) is 1.39. The molecule has 1 aromatic heterocycles. The Morgan fingerprint density at radius 2 is 1.52 bits per heavy atom. The molecule has 25 heavy (non-hydrogen) atoms. The molecule has 0 aliphatic rings. The maximum atomic E-state index is 12.4. The van der Waals surface area contributed by atoms with Crippen LogP contribution >= 0.6 is 34.5 Å². The lowest BCUT2D eigenvalue weighted by molar-refractivity contribution is 0.102. The Balaban J connectivity index is 1.74. The molecule has 2 amide bonds. The first kappa shape index (κ1) is 17.5. The van der Waals surface area contributed by atoms with Crippen LogP contribution in [0.4, 0.5) is 11.4 Å². The van der Waals surface area contributed by atoms with Crippen LogP contribution in [0.2, 0.25) is 10.0 Å². The van der Waals surface area contributed by atoms with Crippen molar-refractivity contribution in [2.75, 3.05) is 10.6 Å². The highest BCUT2D eigenvalue weighted by atomic mass is 35.5. The Kier molecular flexibility index (Phi) is 5.38.